The second kappa shape index (κ2) is 19.5. The molecule has 304 valence electrons. The van der Waals surface area contributed by atoms with Gasteiger partial charge in [0.2, 0.25) is 0 Å². The van der Waals surface area contributed by atoms with E-state index in [1.807, 2.05) is 30.3 Å². The SMILES string of the molecule is NC[C@H]1OC(O[C@H]2[C@@H](OCCNCCc3ccccc3)[C@H](O[C@@H]3[C@@H](O)[C@H](N)C[C@H](N)[C@H]3O[C@H]3O[C@H](CO)[C@@H](O)[C@H](O)[C@H]3N)O[C@@H]2CO)[C@@H](N)[C@H](O)[C@H]1O. The molecule has 0 amide bonds. The van der Waals surface area contributed by atoms with Crippen molar-refractivity contribution in [3.63, 3.8) is 0 Å². The first kappa shape index (κ1) is 42.6. The standard InChI is InChI=1S/C33H58N6O14/c34-11-17-23(43)25(45)20(37)31(48-17)52-28-19(13-41)50-33(30(28)47-9-8-39-7-6-14-4-2-1-3-5-14)53-29-22(42)15(35)10-16(36)27(29)51-32-21(38)26(46)24(44)18(12-40)49-32/h1-5,15-33,39-46H,6-13,34-38H2/t15-,16+,17-,18-,19-,20+,21-,22+,23+,24-,25+,26-,27-,28-,29-,30-,31?,32-,33+/m1/s1. The van der Waals surface area contributed by atoms with Gasteiger partial charge in [0, 0.05) is 25.2 Å². The Labute approximate surface area is 307 Å². The molecule has 3 saturated heterocycles. The summed E-state index contributed by atoms with van der Waals surface area (Å²) in [5.41, 5.74) is 32.0. The van der Waals surface area contributed by atoms with Gasteiger partial charge in [-0.15, -0.1) is 0 Å². The van der Waals surface area contributed by atoms with Crippen molar-refractivity contribution in [3.8, 4) is 0 Å². The molecule has 0 radical (unpaired) electrons. The van der Waals surface area contributed by atoms with Crippen LogP contribution in [0, 0.1) is 0 Å². The number of nitrogens with one attached hydrogen (secondary N) is 1. The van der Waals surface area contributed by atoms with Crippen LogP contribution in [0.5, 0.6) is 0 Å². The van der Waals surface area contributed by atoms with Crippen LogP contribution in [0.15, 0.2) is 30.3 Å². The fourth-order valence-electron chi connectivity index (χ4n) is 7.12. The Morgan fingerprint density at radius 2 is 1.19 bits per heavy atom. The van der Waals surface area contributed by atoms with E-state index in [1.165, 1.54) is 0 Å². The molecule has 4 fully saturated rings. The van der Waals surface area contributed by atoms with Gasteiger partial charge in [0.1, 0.15) is 67.1 Å². The number of benzene rings is 1. The van der Waals surface area contributed by atoms with Gasteiger partial charge in [-0.3, -0.25) is 0 Å². The molecule has 3 heterocycles. The van der Waals surface area contributed by atoms with Crippen LogP contribution in [0.1, 0.15) is 12.0 Å². The van der Waals surface area contributed by atoms with Crippen LogP contribution < -0.4 is 34.0 Å². The van der Waals surface area contributed by atoms with E-state index in [0.717, 1.165) is 12.0 Å². The van der Waals surface area contributed by atoms with Gasteiger partial charge >= 0.3 is 0 Å². The highest BCUT2D eigenvalue weighted by Crippen LogP contribution is 2.35. The van der Waals surface area contributed by atoms with Crippen LogP contribution in [-0.4, -0.2) is 191 Å². The van der Waals surface area contributed by atoms with Crippen molar-refractivity contribution in [1.82, 2.24) is 5.32 Å². The highest BCUT2D eigenvalue weighted by Gasteiger charge is 2.55. The molecule has 1 saturated carbocycles. The summed E-state index contributed by atoms with van der Waals surface area (Å²) in [6, 6.07) is 5.67. The third-order valence-corrected chi connectivity index (χ3v) is 10.3. The highest BCUT2D eigenvalue weighted by molar-refractivity contribution is 5.14. The van der Waals surface area contributed by atoms with E-state index < -0.39 is 129 Å². The predicted molar refractivity (Wildman–Crippen MR) is 183 cm³/mol. The molecule has 1 aromatic carbocycles. The van der Waals surface area contributed by atoms with Crippen molar-refractivity contribution in [2.24, 2.45) is 28.7 Å². The molecule has 53 heavy (non-hydrogen) atoms. The van der Waals surface area contributed by atoms with Crippen molar-refractivity contribution >= 4 is 0 Å². The molecule has 1 aliphatic carbocycles. The van der Waals surface area contributed by atoms with E-state index in [4.69, 9.17) is 61.8 Å². The van der Waals surface area contributed by atoms with Crippen LogP contribution in [0.4, 0.5) is 0 Å². The maximum absolute atomic E-state index is 11.3. The Morgan fingerprint density at radius 3 is 1.81 bits per heavy atom. The second-order valence-corrected chi connectivity index (χ2v) is 14.0. The van der Waals surface area contributed by atoms with E-state index >= 15 is 0 Å². The Balaban J connectivity index is 1.34. The van der Waals surface area contributed by atoms with Crippen molar-refractivity contribution in [2.75, 3.05) is 39.5 Å². The summed E-state index contributed by atoms with van der Waals surface area (Å²) in [7, 11) is 0. The van der Waals surface area contributed by atoms with Gasteiger partial charge in [0.25, 0.3) is 0 Å². The van der Waals surface area contributed by atoms with E-state index in [0.29, 0.717) is 13.1 Å². The molecule has 3 aliphatic heterocycles. The van der Waals surface area contributed by atoms with Gasteiger partial charge in [0.05, 0.1) is 38.0 Å². The Bertz CT molecular complexity index is 1230. The van der Waals surface area contributed by atoms with Gasteiger partial charge in [-0.25, -0.2) is 0 Å². The largest absolute Gasteiger partial charge is 0.394 e. The minimum Gasteiger partial charge on any atom is -0.394 e. The number of aliphatic hydroxyl groups is 7. The molecule has 0 aromatic heterocycles. The van der Waals surface area contributed by atoms with Crippen molar-refractivity contribution < 1.29 is 68.9 Å². The number of aliphatic hydroxyl groups excluding tert-OH is 7. The van der Waals surface area contributed by atoms with E-state index in [9.17, 15) is 35.7 Å². The maximum Gasteiger partial charge on any atom is 0.187 e. The summed E-state index contributed by atoms with van der Waals surface area (Å²) in [5, 5.41) is 76.6. The lowest BCUT2D eigenvalue weighted by Gasteiger charge is -2.47. The molecule has 1 aromatic rings. The molecule has 4 aliphatic rings. The van der Waals surface area contributed by atoms with Crippen LogP contribution in [0.3, 0.4) is 0 Å². The molecule has 18 N–H and O–H groups in total. The summed E-state index contributed by atoms with van der Waals surface area (Å²) < 4.78 is 42.6. The fraction of sp³-hybridized carbons (Fsp3) is 0.818. The van der Waals surface area contributed by atoms with Crippen LogP contribution in [-0.2, 0) is 39.6 Å². The van der Waals surface area contributed by atoms with Gasteiger partial charge in [-0.2, -0.15) is 0 Å². The lowest BCUT2D eigenvalue weighted by Crippen LogP contribution is -2.68. The third-order valence-electron chi connectivity index (χ3n) is 10.3. The summed E-state index contributed by atoms with van der Waals surface area (Å²) in [4.78, 5) is 0. The second-order valence-electron chi connectivity index (χ2n) is 14.0. The Hall–Kier alpha value is -1.58. The number of hydrogen-bond donors (Lipinski definition) is 13. The molecule has 1 unspecified atom stereocenters. The average Bonchev–Trinajstić information content (AvgIpc) is 3.48. The number of hydrogen-bond acceptors (Lipinski definition) is 20. The quantitative estimate of drug-likeness (QED) is 0.0696. The van der Waals surface area contributed by atoms with Crippen molar-refractivity contribution in [2.45, 2.75) is 129 Å². The first-order chi connectivity index (χ1) is 25.4. The van der Waals surface area contributed by atoms with Gasteiger partial charge in [-0.05, 0) is 24.9 Å². The first-order valence-electron chi connectivity index (χ1n) is 18.0. The number of ether oxygens (including phenoxy) is 7. The number of rotatable bonds is 16. The summed E-state index contributed by atoms with van der Waals surface area (Å²) in [6.45, 7) is -0.253. The van der Waals surface area contributed by atoms with Crippen molar-refractivity contribution in [3.05, 3.63) is 35.9 Å². The molecule has 20 heteroatoms. The summed E-state index contributed by atoms with van der Waals surface area (Å²) in [5.74, 6) is 0. The third kappa shape index (κ3) is 9.87. The lowest BCUT2D eigenvalue weighted by atomic mass is 9.84. The van der Waals surface area contributed by atoms with Crippen LogP contribution in [0.25, 0.3) is 0 Å². The zero-order chi connectivity index (χ0) is 38.4. The van der Waals surface area contributed by atoms with Crippen LogP contribution in [0.2, 0.25) is 0 Å². The first-order valence-corrected chi connectivity index (χ1v) is 18.0. The molecule has 0 spiro atoms. The van der Waals surface area contributed by atoms with E-state index in [2.05, 4.69) is 5.32 Å². The van der Waals surface area contributed by atoms with Gasteiger partial charge < -0.3 is 103 Å². The molecule has 0 bridgehead atoms. The zero-order valence-corrected chi connectivity index (χ0v) is 29.4. The van der Waals surface area contributed by atoms with Gasteiger partial charge in [-0.1, -0.05) is 30.3 Å². The molecular formula is C33H58N6O14. The predicted octanol–water partition coefficient (Wildman–Crippen LogP) is -7.01. The van der Waals surface area contributed by atoms with Crippen molar-refractivity contribution in [1.29, 1.82) is 0 Å². The van der Waals surface area contributed by atoms with E-state index in [1.54, 1.807) is 0 Å². The van der Waals surface area contributed by atoms with Crippen LogP contribution >= 0.6 is 0 Å². The minimum absolute atomic E-state index is 0.0841. The normalized spacial score (nSPS) is 45.0. The Kier molecular flexibility index (Phi) is 15.7. The molecule has 20 nitrogen and oxygen atoms in total. The average molecular weight is 763 g/mol. The smallest absolute Gasteiger partial charge is 0.187 e. The molecule has 19 atom stereocenters. The molecular weight excluding hydrogens is 704 g/mol. The molecule has 5 rings (SSSR count). The minimum atomic E-state index is -1.52. The summed E-state index contributed by atoms with van der Waals surface area (Å²) in [6.07, 6.45) is -18.5. The number of nitrogens with two attached hydrogens (primary N) is 5. The summed E-state index contributed by atoms with van der Waals surface area (Å²) >= 11 is 0. The fourth-order valence-corrected chi connectivity index (χ4v) is 7.12. The zero-order valence-electron chi connectivity index (χ0n) is 29.4. The van der Waals surface area contributed by atoms with Gasteiger partial charge in [0.15, 0.2) is 18.9 Å². The van der Waals surface area contributed by atoms with E-state index in [-0.39, 0.29) is 19.6 Å². The monoisotopic (exact) mass is 762 g/mol. The lowest BCUT2D eigenvalue weighted by molar-refractivity contribution is -0.311. The Morgan fingerprint density at radius 1 is 0.623 bits per heavy atom. The topological polar surface area (TPSA) is 348 Å². The maximum atomic E-state index is 11.3. The highest BCUT2D eigenvalue weighted by atomic mass is 16.8.